The molecule has 0 fully saturated rings. The number of methoxy groups -OCH3 is 1. The van der Waals surface area contributed by atoms with E-state index in [4.69, 9.17) is 27.9 Å². The van der Waals surface area contributed by atoms with Crippen molar-refractivity contribution in [3.8, 4) is 0 Å². The number of rotatable bonds is 7. The SMILES string of the molecule is COC(=O)c1ccc(CNc2ncnc3ccc(C(c4ccc(Cl)cc4)c4ccc(Cl)cc4)cc23)cc1. The number of carbonyl (C=O) groups is 1. The van der Waals surface area contributed by atoms with Crippen molar-refractivity contribution in [2.24, 2.45) is 0 Å². The number of hydrogen-bond acceptors (Lipinski definition) is 5. The highest BCUT2D eigenvalue weighted by molar-refractivity contribution is 6.30. The quantitative estimate of drug-likeness (QED) is 0.175. The molecule has 184 valence electrons. The van der Waals surface area contributed by atoms with E-state index in [0.29, 0.717) is 22.2 Å². The van der Waals surface area contributed by atoms with E-state index in [1.165, 1.54) is 7.11 Å². The second-order valence-corrected chi connectivity index (χ2v) is 9.45. The molecule has 0 saturated carbocycles. The molecule has 4 aromatic carbocycles. The van der Waals surface area contributed by atoms with E-state index in [9.17, 15) is 4.79 Å². The van der Waals surface area contributed by atoms with Crippen LogP contribution in [-0.4, -0.2) is 23.0 Å². The maximum absolute atomic E-state index is 11.7. The molecule has 0 aliphatic heterocycles. The Balaban J connectivity index is 1.49. The van der Waals surface area contributed by atoms with Crippen LogP contribution in [0.2, 0.25) is 10.0 Å². The summed E-state index contributed by atoms with van der Waals surface area (Å²) in [5, 5.41) is 5.72. The Labute approximate surface area is 225 Å². The summed E-state index contributed by atoms with van der Waals surface area (Å²) in [6.45, 7) is 0.537. The molecule has 0 bridgehead atoms. The van der Waals surface area contributed by atoms with Gasteiger partial charge in [-0.3, -0.25) is 0 Å². The lowest BCUT2D eigenvalue weighted by Gasteiger charge is -2.20. The highest BCUT2D eigenvalue weighted by Crippen LogP contribution is 2.35. The summed E-state index contributed by atoms with van der Waals surface area (Å²) in [6, 6.07) is 29.3. The van der Waals surface area contributed by atoms with Crippen molar-refractivity contribution >= 4 is 45.9 Å². The zero-order chi connectivity index (χ0) is 25.8. The summed E-state index contributed by atoms with van der Waals surface area (Å²) in [6.07, 6.45) is 1.56. The smallest absolute Gasteiger partial charge is 0.337 e. The zero-order valence-corrected chi connectivity index (χ0v) is 21.5. The van der Waals surface area contributed by atoms with Crippen LogP contribution in [0.5, 0.6) is 0 Å². The standard InChI is InChI=1S/C30H23Cl2N3O2/c1-37-30(36)22-4-2-19(3-5-22)17-33-29-26-16-23(10-15-27(26)34-18-35-29)28(20-6-11-24(31)12-7-20)21-8-13-25(32)14-9-21/h2-16,18,28H,17H2,1H3,(H,33,34,35). The van der Waals surface area contributed by atoms with Gasteiger partial charge in [0.1, 0.15) is 12.1 Å². The minimum Gasteiger partial charge on any atom is -0.465 e. The molecular weight excluding hydrogens is 505 g/mol. The van der Waals surface area contributed by atoms with Crippen LogP contribution in [0.4, 0.5) is 5.82 Å². The third kappa shape index (κ3) is 5.58. The van der Waals surface area contributed by atoms with Crippen molar-refractivity contribution in [1.82, 2.24) is 9.97 Å². The number of hydrogen-bond donors (Lipinski definition) is 1. The molecule has 0 aliphatic rings. The summed E-state index contributed by atoms with van der Waals surface area (Å²) < 4.78 is 4.77. The average molecular weight is 528 g/mol. The maximum Gasteiger partial charge on any atom is 0.337 e. The lowest BCUT2D eigenvalue weighted by Crippen LogP contribution is -2.06. The number of benzene rings is 4. The van der Waals surface area contributed by atoms with Crippen LogP contribution < -0.4 is 5.32 Å². The largest absolute Gasteiger partial charge is 0.465 e. The van der Waals surface area contributed by atoms with Crippen molar-refractivity contribution in [2.45, 2.75) is 12.5 Å². The first kappa shape index (κ1) is 24.8. The highest BCUT2D eigenvalue weighted by Gasteiger charge is 2.18. The number of carbonyl (C=O) groups excluding carboxylic acids is 1. The fraction of sp³-hybridized carbons (Fsp3) is 0.100. The Bertz CT molecular complexity index is 1490. The topological polar surface area (TPSA) is 64.1 Å². The van der Waals surface area contributed by atoms with Gasteiger partial charge in [-0.15, -0.1) is 0 Å². The Kier molecular flexibility index (Phi) is 7.35. The van der Waals surface area contributed by atoms with Crippen LogP contribution in [0.1, 0.15) is 38.5 Å². The monoisotopic (exact) mass is 527 g/mol. The molecule has 0 radical (unpaired) electrons. The normalized spacial score (nSPS) is 11.0. The second kappa shape index (κ2) is 11.0. The van der Waals surface area contributed by atoms with Crippen LogP contribution in [-0.2, 0) is 11.3 Å². The average Bonchev–Trinajstić information content (AvgIpc) is 2.94. The fourth-order valence-electron chi connectivity index (χ4n) is 4.34. The van der Waals surface area contributed by atoms with Gasteiger partial charge in [0.25, 0.3) is 0 Å². The van der Waals surface area contributed by atoms with E-state index in [1.807, 2.05) is 66.7 Å². The summed E-state index contributed by atoms with van der Waals surface area (Å²) in [5.41, 5.74) is 5.69. The van der Waals surface area contributed by atoms with Gasteiger partial charge in [0.15, 0.2) is 0 Å². The minimum atomic E-state index is -0.357. The van der Waals surface area contributed by atoms with Crippen molar-refractivity contribution in [3.63, 3.8) is 0 Å². The number of ether oxygens (including phenoxy) is 1. The van der Waals surface area contributed by atoms with Gasteiger partial charge in [-0.25, -0.2) is 14.8 Å². The van der Waals surface area contributed by atoms with Gasteiger partial charge in [0, 0.05) is 27.9 Å². The number of esters is 1. The molecule has 0 saturated heterocycles. The lowest BCUT2D eigenvalue weighted by molar-refractivity contribution is 0.0600. The third-order valence-corrected chi connectivity index (χ3v) is 6.74. The molecule has 0 spiro atoms. The number of fused-ring (bicyclic) bond motifs is 1. The maximum atomic E-state index is 11.7. The summed E-state index contributed by atoms with van der Waals surface area (Å²) >= 11 is 12.4. The predicted octanol–water partition coefficient (Wildman–Crippen LogP) is 7.52. The third-order valence-electron chi connectivity index (χ3n) is 6.23. The Morgan fingerprint density at radius 1 is 0.811 bits per heavy atom. The Hall–Kier alpha value is -3.93. The number of halogens is 2. The molecule has 1 N–H and O–H groups in total. The van der Waals surface area contributed by atoms with Crippen LogP contribution in [0, 0.1) is 0 Å². The number of aromatic nitrogens is 2. The van der Waals surface area contributed by atoms with Crippen LogP contribution in [0.15, 0.2) is 97.3 Å². The van der Waals surface area contributed by atoms with Crippen molar-refractivity contribution in [3.05, 3.63) is 135 Å². The molecule has 37 heavy (non-hydrogen) atoms. The summed E-state index contributed by atoms with van der Waals surface area (Å²) in [4.78, 5) is 20.7. The molecule has 1 aromatic heterocycles. The van der Waals surface area contributed by atoms with Gasteiger partial charge < -0.3 is 10.1 Å². The van der Waals surface area contributed by atoms with Gasteiger partial charge in [0.2, 0.25) is 0 Å². The van der Waals surface area contributed by atoms with Crippen molar-refractivity contribution in [1.29, 1.82) is 0 Å². The molecule has 0 aliphatic carbocycles. The first-order valence-corrected chi connectivity index (χ1v) is 12.4. The zero-order valence-electron chi connectivity index (χ0n) is 20.0. The van der Waals surface area contributed by atoms with Crippen molar-refractivity contribution < 1.29 is 9.53 Å². The van der Waals surface area contributed by atoms with Crippen LogP contribution >= 0.6 is 23.2 Å². The number of anilines is 1. The van der Waals surface area contributed by atoms with E-state index in [-0.39, 0.29) is 11.9 Å². The van der Waals surface area contributed by atoms with Gasteiger partial charge in [-0.2, -0.15) is 0 Å². The van der Waals surface area contributed by atoms with Crippen LogP contribution in [0.25, 0.3) is 10.9 Å². The minimum absolute atomic E-state index is 0.0298. The Morgan fingerprint density at radius 3 is 2.00 bits per heavy atom. The summed E-state index contributed by atoms with van der Waals surface area (Å²) in [7, 11) is 1.37. The van der Waals surface area contributed by atoms with E-state index in [0.717, 1.165) is 39.0 Å². The number of nitrogens with one attached hydrogen (secondary N) is 1. The second-order valence-electron chi connectivity index (χ2n) is 8.58. The molecule has 5 rings (SSSR count). The van der Waals surface area contributed by atoms with Gasteiger partial charge in [-0.05, 0) is 70.8 Å². The van der Waals surface area contributed by atoms with Gasteiger partial charge >= 0.3 is 5.97 Å². The van der Waals surface area contributed by atoms with E-state index in [1.54, 1.807) is 18.5 Å². The molecule has 5 nitrogen and oxygen atoms in total. The number of nitrogens with zero attached hydrogens (tertiary/aromatic N) is 2. The van der Waals surface area contributed by atoms with Crippen LogP contribution in [0.3, 0.4) is 0 Å². The molecule has 0 amide bonds. The Morgan fingerprint density at radius 2 is 1.41 bits per heavy atom. The molecule has 7 heteroatoms. The van der Waals surface area contributed by atoms with E-state index >= 15 is 0 Å². The first-order valence-electron chi connectivity index (χ1n) is 11.7. The summed E-state index contributed by atoms with van der Waals surface area (Å²) in [5.74, 6) is 0.345. The molecular formula is C30H23Cl2N3O2. The fourth-order valence-corrected chi connectivity index (χ4v) is 4.60. The highest BCUT2D eigenvalue weighted by atomic mass is 35.5. The van der Waals surface area contributed by atoms with Gasteiger partial charge in [0.05, 0.1) is 18.2 Å². The predicted molar refractivity (Wildman–Crippen MR) is 148 cm³/mol. The molecule has 0 unspecified atom stereocenters. The van der Waals surface area contributed by atoms with E-state index in [2.05, 4.69) is 27.4 Å². The first-order chi connectivity index (χ1) is 18.0. The lowest BCUT2D eigenvalue weighted by atomic mass is 9.85. The molecule has 5 aromatic rings. The van der Waals surface area contributed by atoms with E-state index < -0.39 is 0 Å². The van der Waals surface area contributed by atoms with Gasteiger partial charge in [-0.1, -0.05) is 65.7 Å². The van der Waals surface area contributed by atoms with Crippen molar-refractivity contribution in [2.75, 3.05) is 12.4 Å². The molecule has 0 atom stereocenters. The molecule has 1 heterocycles.